The number of aliphatic hydroxyl groups excluding tert-OH is 1. The van der Waals surface area contributed by atoms with Gasteiger partial charge in [0.15, 0.2) is 23.4 Å². The number of thioether (sulfide) groups is 1. The monoisotopic (exact) mass is 1010 g/mol. The van der Waals surface area contributed by atoms with Crippen LogP contribution in [-0.2, 0) is 38.1 Å². The van der Waals surface area contributed by atoms with E-state index in [0.29, 0.717) is 35.5 Å². The number of carbonyl (C=O) groups excluding carboxylic acids is 4. The maximum absolute atomic E-state index is 14.4. The average Bonchev–Trinajstić information content (AvgIpc) is 3.35. The lowest BCUT2D eigenvalue weighted by Crippen LogP contribution is -2.90. The summed E-state index contributed by atoms with van der Waals surface area (Å²) in [5.41, 5.74) is 2.25. The van der Waals surface area contributed by atoms with E-state index in [2.05, 4.69) is 12.2 Å². The summed E-state index contributed by atoms with van der Waals surface area (Å²) in [5.74, 6) is 1.52. The van der Waals surface area contributed by atoms with E-state index in [9.17, 15) is 39.0 Å². The standard InChI is InChI=1S/C26H40O8S2.C16H15NO4.C7H6O2.2C2H6/c1-16-9-10-25(30)14-36(8,24(25,6)17(16)2)23(5,20(29)12-31-18(3)27)21(33-15-35-7)11-22-26(36,13-32-22)34-19(4)28;18-14(16(20)21)13(11-7-3-1-4-8-11)17-15(19)12-9-5-2-6-10-12;8-7(9)6-4-2-1-3-5-6;2*1-2/h21-22,30H,8-15H2,1-7H3;1-10,13-14,18H,(H,17,19)(H,20,21);1-5H,(H,8,9);2*1-2H3/t21-,22+,23+,24?,25+,26+;13-,14+;;;/m00.../s1. The largest absolute Gasteiger partial charge is 0.479 e. The van der Waals surface area contributed by atoms with Crippen LogP contribution >= 0.6 is 20.5 Å². The Morgan fingerprint density at radius 1 is 0.857 bits per heavy atom. The number of rotatable bonds is 13. The molecule has 5 N–H and O–H groups in total. The Morgan fingerprint density at radius 3 is 1.83 bits per heavy atom. The fourth-order valence-electron chi connectivity index (χ4n) is 10.5. The fraction of sp³-hybridized carbons (Fsp3) is 0.491. The van der Waals surface area contributed by atoms with E-state index in [1.165, 1.54) is 25.6 Å². The fourth-order valence-corrected chi connectivity index (χ4v) is 20.0. The van der Waals surface area contributed by atoms with E-state index in [-0.39, 0.29) is 18.1 Å². The van der Waals surface area contributed by atoms with Gasteiger partial charge in [-0.2, -0.15) is 8.75 Å². The van der Waals surface area contributed by atoms with Gasteiger partial charge in [0.25, 0.3) is 5.91 Å². The molecule has 1 amide bonds. The number of amides is 1. The third-order valence-corrected chi connectivity index (χ3v) is 23.1. The molecule has 15 nitrogen and oxygen atoms in total. The highest BCUT2D eigenvalue weighted by Gasteiger charge is 2.91. The quantitative estimate of drug-likeness (QED) is 0.0471. The van der Waals surface area contributed by atoms with E-state index in [1.807, 2.05) is 54.7 Å². The van der Waals surface area contributed by atoms with Gasteiger partial charge in [0.2, 0.25) is 0 Å². The van der Waals surface area contributed by atoms with Crippen LogP contribution in [0, 0.1) is 0 Å². The number of hydrogen-bond donors (Lipinski definition) is 5. The molecule has 3 aromatic rings. The summed E-state index contributed by atoms with van der Waals surface area (Å²) in [7, 11) is -3.65. The van der Waals surface area contributed by atoms with Crippen molar-refractivity contribution in [3.05, 3.63) is 119 Å². The topological polar surface area (TPSA) is 232 Å². The van der Waals surface area contributed by atoms with Crippen molar-refractivity contribution in [1.29, 1.82) is 0 Å². The van der Waals surface area contributed by atoms with Gasteiger partial charge in [0.1, 0.15) is 6.10 Å². The van der Waals surface area contributed by atoms with Crippen molar-refractivity contribution in [1.82, 2.24) is 5.32 Å². The minimum absolute atomic E-state index is 0.103. The second-order valence-corrected chi connectivity index (χ2v) is 23.7. The van der Waals surface area contributed by atoms with Crippen LogP contribution < -0.4 is 5.32 Å². The van der Waals surface area contributed by atoms with E-state index < -0.39 is 89.5 Å². The first-order valence-corrected chi connectivity index (χ1v) is 27.1. The Labute approximate surface area is 416 Å². The molecule has 3 heterocycles. The molecule has 7 rings (SSSR count). The number of nitrogens with one attached hydrogen (secondary N) is 1. The van der Waals surface area contributed by atoms with Crippen LogP contribution in [0.2, 0.25) is 0 Å². The van der Waals surface area contributed by atoms with Gasteiger partial charge in [-0.05, 0) is 76.6 Å². The minimum atomic E-state index is -3.65. The second-order valence-electron chi connectivity index (χ2n) is 17.5. The summed E-state index contributed by atoms with van der Waals surface area (Å²) in [6.45, 7) is 18.2. The molecule has 386 valence electrons. The number of allylic oxidation sites excluding steroid dienone is 1. The molecule has 0 aromatic heterocycles. The van der Waals surface area contributed by atoms with Gasteiger partial charge in [-0.15, -0.1) is 11.8 Å². The van der Waals surface area contributed by atoms with Crippen molar-refractivity contribution in [2.24, 2.45) is 0 Å². The first-order valence-electron chi connectivity index (χ1n) is 23.3. The molecule has 3 aromatic carbocycles. The number of fused-ring (bicyclic) bond motifs is 4. The van der Waals surface area contributed by atoms with Crippen LogP contribution in [-0.4, -0.2) is 131 Å². The number of hydrogen-bond acceptors (Lipinski definition) is 13. The predicted molar refractivity (Wildman–Crippen MR) is 276 cm³/mol. The van der Waals surface area contributed by atoms with Crippen molar-refractivity contribution in [2.45, 2.75) is 133 Å². The number of carboxylic acids is 2. The minimum Gasteiger partial charge on any atom is -0.479 e. The van der Waals surface area contributed by atoms with Crippen molar-refractivity contribution in [3.8, 4) is 0 Å². The number of carboxylic acid groups (broad SMARTS) is 2. The first-order chi connectivity index (χ1) is 33.0. The summed E-state index contributed by atoms with van der Waals surface area (Å²) in [6.07, 6.45) is 0.646. The molecule has 70 heavy (non-hydrogen) atoms. The predicted octanol–water partition coefficient (Wildman–Crippen LogP) is 8.09. The third-order valence-electron chi connectivity index (χ3n) is 14.3. The van der Waals surface area contributed by atoms with E-state index >= 15 is 0 Å². The summed E-state index contributed by atoms with van der Waals surface area (Å²) < 4.78 is 21.7. The molecule has 17 heteroatoms. The maximum atomic E-state index is 14.4. The zero-order chi connectivity index (χ0) is 52.9. The Morgan fingerprint density at radius 2 is 1.39 bits per heavy atom. The number of esters is 2. The third kappa shape index (κ3) is 10.3. The number of aliphatic carboxylic acids is 1. The van der Waals surface area contributed by atoms with Gasteiger partial charge < -0.3 is 44.7 Å². The van der Waals surface area contributed by atoms with E-state index in [4.69, 9.17) is 35.0 Å². The van der Waals surface area contributed by atoms with Gasteiger partial charge in [0, 0.05) is 36.3 Å². The van der Waals surface area contributed by atoms with Crippen LogP contribution in [0.5, 0.6) is 0 Å². The molecule has 0 saturated carbocycles. The number of ether oxygens (including phenoxy) is 4. The van der Waals surface area contributed by atoms with Gasteiger partial charge in [-0.1, -0.05) is 111 Å². The SMILES string of the molecule is C=S12(C[C@]3(O)CCC(C)=C(C)C31C)[C@]1(OC(C)=O)CO[C@@H]1C[C@H](OCSC)[C@@]2(C)C(=O)COC(C)=O.CC.CC.O=C(N[C@@H](c1ccccc1)[C@@H](O)C(=O)O)c1ccccc1.O=C(O)c1ccccc1. The average molecular weight is 1010 g/mol. The molecule has 8 atom stereocenters. The van der Waals surface area contributed by atoms with Crippen molar-refractivity contribution in [3.63, 3.8) is 0 Å². The lowest BCUT2D eigenvalue weighted by atomic mass is 9.72. The molecule has 1 aliphatic carbocycles. The summed E-state index contributed by atoms with van der Waals surface area (Å²) in [4.78, 5) is 71.0. The van der Waals surface area contributed by atoms with Gasteiger partial charge in [-0.3, -0.25) is 19.2 Å². The van der Waals surface area contributed by atoms with Crippen LogP contribution in [0.4, 0.5) is 0 Å². The van der Waals surface area contributed by atoms with Gasteiger partial charge in [0.05, 0.1) is 40.6 Å². The molecule has 4 aliphatic rings. The van der Waals surface area contributed by atoms with E-state index in [1.54, 1.807) is 91.0 Å². The number of benzene rings is 3. The molecule has 1 spiro atoms. The van der Waals surface area contributed by atoms with Gasteiger partial charge in [-0.25, -0.2) is 9.59 Å². The van der Waals surface area contributed by atoms with Crippen molar-refractivity contribution < 1.29 is 68.1 Å². The highest BCUT2D eigenvalue weighted by molar-refractivity contribution is 8.51. The number of Topliss-reactive ketones (excluding diaryl/α,β-unsaturated/α-hetero) is 1. The molecule has 0 bridgehead atoms. The molecule has 3 saturated heterocycles. The highest BCUT2D eigenvalue weighted by Crippen LogP contribution is 2.96. The molecular weight excluding hydrogens is 939 g/mol. The molecule has 0 radical (unpaired) electrons. The number of carbonyl (C=O) groups is 6. The summed E-state index contributed by atoms with van der Waals surface area (Å²) >= 11 is 1.49. The Hall–Kier alpha value is -5.17. The van der Waals surface area contributed by atoms with Crippen LogP contribution in [0.25, 0.3) is 0 Å². The number of aliphatic hydroxyl groups is 2. The zero-order valence-electron chi connectivity index (χ0n) is 42.3. The van der Waals surface area contributed by atoms with Crippen LogP contribution in [0.1, 0.15) is 121 Å². The summed E-state index contributed by atoms with van der Waals surface area (Å²) in [6, 6.07) is 24.2. The van der Waals surface area contributed by atoms with Crippen LogP contribution in [0.3, 0.4) is 0 Å². The Kier molecular flexibility index (Phi) is 20.5. The lowest BCUT2D eigenvalue weighted by molar-refractivity contribution is -0.232. The van der Waals surface area contributed by atoms with E-state index in [0.717, 1.165) is 17.6 Å². The summed E-state index contributed by atoms with van der Waals surface area (Å²) in [5, 5.41) is 41.9. The molecule has 1 unspecified atom stereocenters. The first kappa shape index (κ1) is 59.1. The number of aromatic carboxylic acids is 1. The van der Waals surface area contributed by atoms with Crippen molar-refractivity contribution >= 4 is 62.0 Å². The zero-order valence-corrected chi connectivity index (χ0v) is 43.9. The number of ketones is 1. The normalized spacial score (nSPS) is 27.4. The second kappa shape index (κ2) is 24.3. The Bertz CT molecular complexity index is 2410. The molecular formula is C53H73NO14S2. The molecule has 3 aliphatic heterocycles. The lowest BCUT2D eigenvalue weighted by Gasteiger charge is -2.90. The Balaban J connectivity index is 0.000000319. The maximum Gasteiger partial charge on any atom is 0.335 e. The van der Waals surface area contributed by atoms with Gasteiger partial charge >= 0.3 is 23.9 Å². The smallest absolute Gasteiger partial charge is 0.335 e. The van der Waals surface area contributed by atoms with Crippen LogP contribution in [0.15, 0.2) is 102 Å². The highest BCUT2D eigenvalue weighted by atomic mass is 32.3. The van der Waals surface area contributed by atoms with Crippen molar-refractivity contribution in [2.75, 3.05) is 31.2 Å². The molecule has 3 fully saturated rings.